The van der Waals surface area contributed by atoms with Gasteiger partial charge in [-0.15, -0.1) is 0 Å². The van der Waals surface area contributed by atoms with Gasteiger partial charge < -0.3 is 5.73 Å². The summed E-state index contributed by atoms with van der Waals surface area (Å²) in [6, 6.07) is 4.59. The minimum atomic E-state index is 0.423. The molecule has 2 N–H and O–H groups in total. The molecule has 0 bridgehead atoms. The van der Waals surface area contributed by atoms with Crippen molar-refractivity contribution in [2.24, 2.45) is 11.7 Å². The van der Waals surface area contributed by atoms with E-state index < -0.39 is 0 Å². The average molecular weight is 232 g/mol. The van der Waals surface area contributed by atoms with Crippen molar-refractivity contribution in [2.45, 2.75) is 57.4 Å². The van der Waals surface area contributed by atoms with Crippen LogP contribution in [0.2, 0.25) is 0 Å². The fraction of sp³-hybridized carbons (Fsp3) is 0.667. The second kappa shape index (κ2) is 6.75. The Morgan fingerprint density at radius 2 is 2.12 bits per heavy atom. The van der Waals surface area contributed by atoms with Gasteiger partial charge in [-0.25, -0.2) is 0 Å². The van der Waals surface area contributed by atoms with Gasteiger partial charge in [-0.3, -0.25) is 4.98 Å². The van der Waals surface area contributed by atoms with E-state index in [4.69, 9.17) is 5.73 Å². The molecule has 0 aromatic carbocycles. The fourth-order valence-electron chi connectivity index (χ4n) is 2.89. The quantitative estimate of drug-likeness (QED) is 0.846. The van der Waals surface area contributed by atoms with E-state index in [1.54, 1.807) is 0 Å². The molecule has 1 saturated carbocycles. The summed E-state index contributed by atoms with van der Waals surface area (Å²) < 4.78 is 0. The molecule has 0 spiro atoms. The summed E-state index contributed by atoms with van der Waals surface area (Å²) in [6.45, 7) is 0. The summed E-state index contributed by atoms with van der Waals surface area (Å²) in [4.78, 5) is 4.14. The first-order valence-electron chi connectivity index (χ1n) is 7.01. The van der Waals surface area contributed by atoms with E-state index >= 15 is 0 Å². The van der Waals surface area contributed by atoms with Crippen molar-refractivity contribution >= 4 is 0 Å². The maximum absolute atomic E-state index is 6.30. The molecule has 94 valence electrons. The number of nitrogens with zero attached hydrogens (tertiary/aromatic N) is 1. The molecule has 0 saturated heterocycles. The second-order valence-corrected chi connectivity index (χ2v) is 5.32. The van der Waals surface area contributed by atoms with Gasteiger partial charge in [-0.2, -0.15) is 0 Å². The highest BCUT2D eigenvalue weighted by Crippen LogP contribution is 2.27. The Hall–Kier alpha value is -0.890. The molecule has 1 fully saturated rings. The van der Waals surface area contributed by atoms with E-state index in [0.717, 1.165) is 12.3 Å². The number of aromatic nitrogens is 1. The Kier molecular flexibility index (Phi) is 4.99. The summed E-state index contributed by atoms with van der Waals surface area (Å²) in [5.74, 6) is 0.789. The van der Waals surface area contributed by atoms with Crippen LogP contribution in [-0.4, -0.2) is 11.0 Å². The number of hydrogen-bond donors (Lipinski definition) is 1. The van der Waals surface area contributed by atoms with Crippen LogP contribution in [0.5, 0.6) is 0 Å². The van der Waals surface area contributed by atoms with E-state index in [0.29, 0.717) is 6.04 Å². The molecule has 2 rings (SSSR count). The van der Waals surface area contributed by atoms with Crippen molar-refractivity contribution in [1.29, 1.82) is 0 Å². The molecule has 17 heavy (non-hydrogen) atoms. The third kappa shape index (κ3) is 4.12. The van der Waals surface area contributed by atoms with E-state index in [9.17, 15) is 0 Å². The van der Waals surface area contributed by atoms with Crippen molar-refractivity contribution in [3.8, 4) is 0 Å². The highest BCUT2D eigenvalue weighted by Gasteiger charge is 2.19. The lowest BCUT2D eigenvalue weighted by atomic mass is 9.82. The first kappa shape index (κ1) is 12.6. The fourth-order valence-corrected chi connectivity index (χ4v) is 2.89. The van der Waals surface area contributed by atoms with Crippen LogP contribution >= 0.6 is 0 Å². The number of rotatable bonds is 5. The molecule has 2 heteroatoms. The van der Waals surface area contributed by atoms with Gasteiger partial charge in [-0.05, 0) is 49.7 Å². The van der Waals surface area contributed by atoms with Crippen LogP contribution in [0.1, 0.15) is 50.5 Å². The lowest BCUT2D eigenvalue weighted by Crippen LogP contribution is -2.31. The zero-order valence-electron chi connectivity index (χ0n) is 10.6. The van der Waals surface area contributed by atoms with E-state index in [-0.39, 0.29) is 0 Å². The molecule has 1 atom stereocenters. The highest BCUT2D eigenvalue weighted by molar-refractivity contribution is 5.08. The monoisotopic (exact) mass is 232 g/mol. The third-order valence-electron chi connectivity index (χ3n) is 3.98. The largest absolute Gasteiger partial charge is 0.327 e. The molecule has 1 unspecified atom stereocenters. The van der Waals surface area contributed by atoms with E-state index in [2.05, 4.69) is 11.1 Å². The zero-order valence-corrected chi connectivity index (χ0v) is 10.6. The van der Waals surface area contributed by atoms with E-state index in [1.807, 2.05) is 18.5 Å². The Balaban J connectivity index is 1.67. The first-order valence-corrected chi connectivity index (χ1v) is 7.01. The van der Waals surface area contributed by atoms with Crippen LogP contribution < -0.4 is 5.73 Å². The summed E-state index contributed by atoms with van der Waals surface area (Å²) in [5.41, 5.74) is 7.63. The molecular formula is C15H24N2. The minimum Gasteiger partial charge on any atom is -0.327 e. The normalized spacial score (nSPS) is 19.1. The number of pyridine rings is 1. The Morgan fingerprint density at radius 3 is 2.82 bits per heavy atom. The van der Waals surface area contributed by atoms with E-state index in [1.165, 1.54) is 50.5 Å². The van der Waals surface area contributed by atoms with Crippen molar-refractivity contribution < 1.29 is 0 Å². The molecule has 1 aromatic heterocycles. The first-order chi connectivity index (χ1) is 8.36. The molecule has 1 aromatic rings. The molecule has 0 aliphatic heterocycles. The number of nitrogens with two attached hydrogens (primary N) is 1. The number of aryl methyl sites for hydroxylation is 1. The maximum Gasteiger partial charge on any atom is 0.0299 e. The summed E-state index contributed by atoms with van der Waals surface area (Å²) in [6.07, 6.45) is 14.2. The van der Waals surface area contributed by atoms with Gasteiger partial charge in [0.25, 0.3) is 0 Å². The predicted molar refractivity (Wildman–Crippen MR) is 71.7 cm³/mol. The molecule has 1 aliphatic carbocycles. The van der Waals surface area contributed by atoms with Gasteiger partial charge >= 0.3 is 0 Å². The van der Waals surface area contributed by atoms with Gasteiger partial charge in [0.15, 0.2) is 0 Å². The standard InChI is InChI=1S/C15H24N2/c16-15(14-8-2-1-3-9-14)10-4-6-13-7-5-11-17-12-13/h5,7,11-12,14-15H,1-4,6,8-10,16H2. The highest BCUT2D eigenvalue weighted by atomic mass is 14.6. The second-order valence-electron chi connectivity index (χ2n) is 5.32. The van der Waals surface area contributed by atoms with Gasteiger partial charge in [0, 0.05) is 18.4 Å². The average Bonchev–Trinajstić information content (AvgIpc) is 2.41. The van der Waals surface area contributed by atoms with Crippen LogP contribution in [0.25, 0.3) is 0 Å². The number of hydrogen-bond acceptors (Lipinski definition) is 2. The minimum absolute atomic E-state index is 0.423. The molecule has 1 aliphatic rings. The predicted octanol–water partition coefficient (Wildman–Crippen LogP) is 3.31. The van der Waals surface area contributed by atoms with Crippen LogP contribution in [0, 0.1) is 5.92 Å². The lowest BCUT2D eigenvalue weighted by Gasteiger charge is -2.27. The van der Waals surface area contributed by atoms with Gasteiger partial charge in [-0.1, -0.05) is 25.3 Å². The van der Waals surface area contributed by atoms with Crippen LogP contribution in [0.4, 0.5) is 0 Å². The molecule has 2 nitrogen and oxygen atoms in total. The van der Waals surface area contributed by atoms with Gasteiger partial charge in [0.05, 0.1) is 0 Å². The van der Waals surface area contributed by atoms with Crippen molar-refractivity contribution in [2.75, 3.05) is 0 Å². The van der Waals surface area contributed by atoms with Crippen LogP contribution in [-0.2, 0) is 6.42 Å². The SMILES string of the molecule is NC(CCCc1cccnc1)C1CCCCC1. The topological polar surface area (TPSA) is 38.9 Å². The van der Waals surface area contributed by atoms with Crippen LogP contribution in [0.3, 0.4) is 0 Å². The molecule has 1 heterocycles. The Bertz CT molecular complexity index is 304. The van der Waals surface area contributed by atoms with Crippen molar-refractivity contribution in [3.05, 3.63) is 30.1 Å². The third-order valence-corrected chi connectivity index (χ3v) is 3.98. The lowest BCUT2D eigenvalue weighted by molar-refractivity contribution is 0.292. The zero-order chi connectivity index (χ0) is 11.9. The summed E-state index contributed by atoms with van der Waals surface area (Å²) in [7, 11) is 0. The summed E-state index contributed by atoms with van der Waals surface area (Å²) >= 11 is 0. The van der Waals surface area contributed by atoms with Crippen molar-refractivity contribution in [3.63, 3.8) is 0 Å². The molecule has 0 radical (unpaired) electrons. The Morgan fingerprint density at radius 1 is 1.29 bits per heavy atom. The van der Waals surface area contributed by atoms with Gasteiger partial charge in [0.2, 0.25) is 0 Å². The molecular weight excluding hydrogens is 208 g/mol. The summed E-state index contributed by atoms with van der Waals surface area (Å²) in [5, 5.41) is 0. The maximum atomic E-state index is 6.30. The Labute approximate surface area is 105 Å². The molecule has 0 amide bonds. The van der Waals surface area contributed by atoms with Crippen LogP contribution in [0.15, 0.2) is 24.5 Å². The van der Waals surface area contributed by atoms with Gasteiger partial charge in [0.1, 0.15) is 0 Å². The smallest absolute Gasteiger partial charge is 0.0299 e. The van der Waals surface area contributed by atoms with Crippen molar-refractivity contribution in [1.82, 2.24) is 4.98 Å².